The van der Waals surface area contributed by atoms with Gasteiger partial charge >= 0.3 is 5.97 Å². The van der Waals surface area contributed by atoms with Gasteiger partial charge in [-0.3, -0.25) is 9.59 Å². The van der Waals surface area contributed by atoms with Gasteiger partial charge in [0, 0.05) is 23.7 Å². The second-order valence-corrected chi connectivity index (χ2v) is 6.94. The molecule has 0 saturated carbocycles. The molecule has 3 aromatic rings. The number of carboxylic acid groups (broad SMARTS) is 1. The smallest absolute Gasteiger partial charge is 0.303 e. The Bertz CT molecular complexity index is 1070. The van der Waals surface area contributed by atoms with Crippen LogP contribution in [0.3, 0.4) is 0 Å². The van der Waals surface area contributed by atoms with Crippen LogP contribution in [0.1, 0.15) is 41.5 Å². The van der Waals surface area contributed by atoms with Gasteiger partial charge in [-0.25, -0.2) is 15.0 Å². The highest BCUT2D eigenvalue weighted by molar-refractivity contribution is 5.94. The summed E-state index contributed by atoms with van der Waals surface area (Å²) in [6.45, 7) is 4.02. The molecule has 1 atom stereocenters. The number of carbonyl (C=O) groups is 2. The van der Waals surface area contributed by atoms with Crippen molar-refractivity contribution in [1.82, 2.24) is 25.3 Å². The summed E-state index contributed by atoms with van der Waals surface area (Å²) in [6, 6.07) is 6.77. The number of nitrogens with two attached hydrogens (primary N) is 1. The van der Waals surface area contributed by atoms with E-state index in [1.807, 2.05) is 0 Å². The average molecular weight is 409 g/mol. The molecule has 1 amide bonds. The minimum Gasteiger partial charge on any atom is -0.481 e. The number of carbonyl (C=O) groups excluding carboxylic acids is 1. The number of benzene rings is 1. The van der Waals surface area contributed by atoms with Crippen molar-refractivity contribution in [2.75, 3.05) is 11.1 Å². The van der Waals surface area contributed by atoms with E-state index in [1.54, 1.807) is 44.3 Å². The highest BCUT2D eigenvalue weighted by Crippen LogP contribution is 2.14. The van der Waals surface area contributed by atoms with Gasteiger partial charge in [0.05, 0.1) is 24.1 Å². The fraction of sp³-hybridized carbons (Fsp3) is 0.300. The second-order valence-electron chi connectivity index (χ2n) is 6.94. The number of fused-ring (bicyclic) bond motifs is 1. The summed E-state index contributed by atoms with van der Waals surface area (Å²) in [7, 11) is 0. The molecule has 1 unspecified atom stereocenters. The maximum absolute atomic E-state index is 12.3. The number of nitrogens with one attached hydrogen (secondary N) is 2. The molecule has 2 heterocycles. The molecule has 0 spiro atoms. The lowest BCUT2D eigenvalue weighted by Crippen LogP contribution is -2.32. The molecule has 0 fully saturated rings. The Hall–Kier alpha value is -3.82. The lowest BCUT2D eigenvalue weighted by atomic mass is 10.1. The molecule has 10 heteroatoms. The van der Waals surface area contributed by atoms with Gasteiger partial charge in [0.2, 0.25) is 5.95 Å². The number of hydrogen-bond donors (Lipinski definition) is 4. The first-order chi connectivity index (χ1) is 14.3. The van der Waals surface area contributed by atoms with E-state index < -0.39 is 5.97 Å². The van der Waals surface area contributed by atoms with E-state index in [0.717, 1.165) is 5.69 Å². The minimum atomic E-state index is -0.880. The molecule has 2 aromatic heterocycles. The quantitative estimate of drug-likeness (QED) is 0.436. The SMILES string of the molecule is Cc1nc(N)nc2ncc(CNc3ccc(C(=O)NC(C)CCC(=O)O)cc3)nc12. The first kappa shape index (κ1) is 20.9. The Labute approximate surface area is 173 Å². The van der Waals surface area contributed by atoms with Crippen molar-refractivity contribution in [3.8, 4) is 0 Å². The number of aryl methyl sites for hydroxylation is 1. The molecule has 0 aliphatic heterocycles. The van der Waals surface area contributed by atoms with E-state index >= 15 is 0 Å². The van der Waals surface area contributed by atoms with E-state index in [1.165, 1.54) is 0 Å². The van der Waals surface area contributed by atoms with E-state index in [4.69, 9.17) is 10.8 Å². The van der Waals surface area contributed by atoms with E-state index in [-0.39, 0.29) is 24.3 Å². The van der Waals surface area contributed by atoms with Gasteiger partial charge < -0.3 is 21.5 Å². The predicted octanol–water partition coefficient (Wildman–Crippen LogP) is 1.91. The number of amides is 1. The van der Waals surface area contributed by atoms with Crippen molar-refractivity contribution in [3.05, 3.63) is 47.4 Å². The van der Waals surface area contributed by atoms with E-state index in [2.05, 4.69) is 30.6 Å². The molecular weight excluding hydrogens is 386 g/mol. The molecular formula is C20H23N7O3. The predicted molar refractivity (Wildman–Crippen MR) is 112 cm³/mol. The Balaban J connectivity index is 1.59. The summed E-state index contributed by atoms with van der Waals surface area (Å²) < 4.78 is 0. The number of anilines is 2. The monoisotopic (exact) mass is 409 g/mol. The zero-order valence-corrected chi connectivity index (χ0v) is 16.7. The van der Waals surface area contributed by atoms with Crippen molar-refractivity contribution in [2.24, 2.45) is 0 Å². The number of rotatable bonds is 8. The molecule has 5 N–H and O–H groups in total. The lowest BCUT2D eigenvalue weighted by molar-refractivity contribution is -0.137. The van der Waals surface area contributed by atoms with Crippen LogP contribution in [-0.4, -0.2) is 43.0 Å². The van der Waals surface area contributed by atoms with Crippen LogP contribution >= 0.6 is 0 Å². The van der Waals surface area contributed by atoms with Crippen LogP contribution in [-0.2, 0) is 11.3 Å². The molecule has 0 bridgehead atoms. The molecule has 0 aliphatic carbocycles. The highest BCUT2D eigenvalue weighted by Gasteiger charge is 2.11. The van der Waals surface area contributed by atoms with Crippen LogP contribution in [0.5, 0.6) is 0 Å². The van der Waals surface area contributed by atoms with E-state index in [0.29, 0.717) is 41.1 Å². The summed E-state index contributed by atoms with van der Waals surface area (Å²) in [5, 5.41) is 14.7. The Kier molecular flexibility index (Phi) is 6.35. The zero-order chi connectivity index (χ0) is 21.7. The van der Waals surface area contributed by atoms with Gasteiger partial charge in [-0.1, -0.05) is 0 Å². The molecule has 156 valence electrons. The Morgan fingerprint density at radius 1 is 1.17 bits per heavy atom. The normalized spacial score (nSPS) is 11.8. The van der Waals surface area contributed by atoms with Gasteiger partial charge in [-0.15, -0.1) is 0 Å². The topological polar surface area (TPSA) is 156 Å². The summed E-state index contributed by atoms with van der Waals surface area (Å²) in [5.74, 6) is -0.954. The summed E-state index contributed by atoms with van der Waals surface area (Å²) in [5.41, 5.74) is 9.39. The Morgan fingerprint density at radius 3 is 2.60 bits per heavy atom. The van der Waals surface area contributed by atoms with Gasteiger partial charge in [0.25, 0.3) is 5.91 Å². The largest absolute Gasteiger partial charge is 0.481 e. The fourth-order valence-corrected chi connectivity index (χ4v) is 2.84. The van der Waals surface area contributed by atoms with Crippen LogP contribution in [0, 0.1) is 6.92 Å². The number of nitrogen functional groups attached to an aromatic ring is 1. The van der Waals surface area contributed by atoms with Crippen molar-refractivity contribution in [3.63, 3.8) is 0 Å². The molecule has 0 radical (unpaired) electrons. The molecule has 0 aliphatic rings. The molecule has 0 saturated heterocycles. The van der Waals surface area contributed by atoms with Crippen molar-refractivity contribution >= 4 is 34.7 Å². The summed E-state index contributed by atoms with van der Waals surface area (Å²) in [4.78, 5) is 39.9. The second kappa shape index (κ2) is 9.12. The number of aromatic nitrogens is 4. The lowest BCUT2D eigenvalue weighted by Gasteiger charge is -2.13. The maximum Gasteiger partial charge on any atom is 0.303 e. The van der Waals surface area contributed by atoms with Gasteiger partial charge in [0.15, 0.2) is 5.65 Å². The standard InChI is InChI=1S/C20H23N7O3/c1-11(3-8-16(28)29)24-19(30)13-4-6-14(7-5-13)22-9-15-10-23-18-17(26-15)12(2)25-20(21)27-18/h4-7,10-11,22H,3,8-9H2,1-2H3,(H,24,30)(H,28,29)(H2,21,23,25,27). The summed E-state index contributed by atoms with van der Waals surface area (Å²) in [6.07, 6.45) is 2.02. The first-order valence-corrected chi connectivity index (χ1v) is 9.44. The molecule has 3 rings (SSSR count). The maximum atomic E-state index is 12.3. The third kappa shape index (κ3) is 5.37. The average Bonchev–Trinajstić information content (AvgIpc) is 2.71. The van der Waals surface area contributed by atoms with Crippen LogP contribution in [0.2, 0.25) is 0 Å². The van der Waals surface area contributed by atoms with Crippen LogP contribution in [0.4, 0.5) is 11.6 Å². The van der Waals surface area contributed by atoms with Gasteiger partial charge in [0.1, 0.15) is 5.52 Å². The van der Waals surface area contributed by atoms with Crippen molar-refractivity contribution < 1.29 is 14.7 Å². The Morgan fingerprint density at radius 2 is 1.90 bits per heavy atom. The van der Waals surface area contributed by atoms with Gasteiger partial charge in [-0.2, -0.15) is 4.98 Å². The number of nitrogens with zero attached hydrogens (tertiary/aromatic N) is 4. The number of hydrogen-bond acceptors (Lipinski definition) is 8. The summed E-state index contributed by atoms with van der Waals surface area (Å²) >= 11 is 0. The molecule has 30 heavy (non-hydrogen) atoms. The molecule has 10 nitrogen and oxygen atoms in total. The van der Waals surface area contributed by atoms with Crippen molar-refractivity contribution in [1.29, 1.82) is 0 Å². The van der Waals surface area contributed by atoms with Crippen LogP contribution in [0.25, 0.3) is 11.2 Å². The third-order valence-corrected chi connectivity index (χ3v) is 4.44. The minimum absolute atomic E-state index is 0.0149. The van der Waals surface area contributed by atoms with Gasteiger partial charge in [-0.05, 0) is 44.5 Å². The molecule has 1 aromatic carbocycles. The highest BCUT2D eigenvalue weighted by atomic mass is 16.4. The zero-order valence-electron chi connectivity index (χ0n) is 16.7. The number of aliphatic carboxylic acids is 1. The van der Waals surface area contributed by atoms with Crippen molar-refractivity contribution in [2.45, 2.75) is 39.3 Å². The third-order valence-electron chi connectivity index (χ3n) is 4.44. The van der Waals surface area contributed by atoms with E-state index in [9.17, 15) is 9.59 Å². The van der Waals surface area contributed by atoms with Crippen LogP contribution < -0.4 is 16.4 Å². The van der Waals surface area contributed by atoms with Crippen LogP contribution in [0.15, 0.2) is 30.5 Å². The first-order valence-electron chi connectivity index (χ1n) is 9.44. The number of carboxylic acids is 1. The fourth-order valence-electron chi connectivity index (χ4n) is 2.84.